The summed E-state index contributed by atoms with van der Waals surface area (Å²) in [6.07, 6.45) is -0.102. The number of nitrogens with zero attached hydrogens (tertiary/aromatic N) is 1. The number of nitrogens with one attached hydrogen (secondary N) is 3. The highest BCUT2D eigenvalue weighted by Crippen LogP contribution is 2.36. The zero-order valence-corrected chi connectivity index (χ0v) is 24.7. The minimum atomic E-state index is -1.00. The quantitative estimate of drug-likeness (QED) is 0.150. The molecule has 1 unspecified atom stereocenters. The van der Waals surface area contributed by atoms with Crippen LogP contribution in [0.2, 0.25) is 0 Å². The van der Waals surface area contributed by atoms with E-state index in [9.17, 15) is 34.5 Å². The highest BCUT2D eigenvalue weighted by atomic mass is 16.4. The Hall–Kier alpha value is -5.00. The van der Waals surface area contributed by atoms with Crippen molar-refractivity contribution in [1.29, 1.82) is 0 Å². The molecule has 3 aromatic carbocycles. The van der Waals surface area contributed by atoms with Crippen molar-refractivity contribution in [1.82, 2.24) is 20.5 Å². The van der Waals surface area contributed by atoms with Crippen molar-refractivity contribution in [3.63, 3.8) is 0 Å². The molecule has 4 aromatic rings. The summed E-state index contributed by atoms with van der Waals surface area (Å²) in [5.74, 6) is -1.38. The number of aromatic amines is 1. The van der Waals surface area contributed by atoms with Crippen molar-refractivity contribution in [2.45, 2.75) is 37.3 Å². The van der Waals surface area contributed by atoms with E-state index in [4.69, 9.17) is 0 Å². The number of hydrogen-bond donors (Lipinski definition) is 6. The molecule has 6 N–H and O–H groups in total. The molecule has 0 bridgehead atoms. The Bertz CT molecular complexity index is 1730. The summed E-state index contributed by atoms with van der Waals surface area (Å²) in [5.41, 5.74) is 1.58. The lowest BCUT2D eigenvalue weighted by atomic mass is 9.73. The molecule has 1 saturated heterocycles. The molecule has 1 aliphatic heterocycles. The zero-order valence-electron chi connectivity index (χ0n) is 24.7. The van der Waals surface area contributed by atoms with Gasteiger partial charge in [-0.1, -0.05) is 48.5 Å². The molecule has 0 aliphatic carbocycles. The number of piperidine rings is 1. The van der Waals surface area contributed by atoms with Gasteiger partial charge in [-0.05, 0) is 53.8 Å². The van der Waals surface area contributed by atoms with Crippen LogP contribution in [0.25, 0.3) is 10.9 Å². The Morgan fingerprint density at radius 3 is 2.33 bits per heavy atom. The van der Waals surface area contributed by atoms with Crippen LogP contribution in [-0.2, 0) is 21.5 Å². The number of carbonyl (C=O) groups is 3. The van der Waals surface area contributed by atoms with Crippen molar-refractivity contribution >= 4 is 28.7 Å². The largest absolute Gasteiger partial charge is 0.506 e. The molecular weight excluding hydrogens is 576 g/mol. The van der Waals surface area contributed by atoms with Gasteiger partial charge in [-0.25, -0.2) is 0 Å². The lowest BCUT2D eigenvalue weighted by molar-refractivity contribution is -0.148. The number of phenolic OH excluding ortho intramolecular Hbond substituents is 1. The summed E-state index contributed by atoms with van der Waals surface area (Å²) in [4.78, 5) is 53.5. The summed E-state index contributed by atoms with van der Waals surface area (Å²) in [5, 5.41) is 37.3. The van der Waals surface area contributed by atoms with Gasteiger partial charge in [0.25, 0.3) is 5.91 Å². The topological polar surface area (TPSA) is 172 Å². The van der Waals surface area contributed by atoms with Gasteiger partial charge in [-0.3, -0.25) is 19.2 Å². The number of aliphatic hydroxyl groups excluding tert-OH is 1. The summed E-state index contributed by atoms with van der Waals surface area (Å²) in [6, 6.07) is 22.1. The number of fused-ring (bicyclic) bond motifs is 1. The predicted molar refractivity (Wildman–Crippen MR) is 168 cm³/mol. The summed E-state index contributed by atoms with van der Waals surface area (Å²) in [6.45, 7) is 1.50. The fourth-order valence-corrected chi connectivity index (χ4v) is 5.85. The molecule has 2 heterocycles. The van der Waals surface area contributed by atoms with Crippen LogP contribution in [-0.4, -0.2) is 69.2 Å². The van der Waals surface area contributed by atoms with E-state index in [1.54, 1.807) is 41.3 Å². The van der Waals surface area contributed by atoms with Crippen LogP contribution in [0, 0.1) is 0 Å². The molecule has 11 nitrogen and oxygen atoms in total. The minimum absolute atomic E-state index is 0.0722. The van der Waals surface area contributed by atoms with Crippen LogP contribution < -0.4 is 16.2 Å². The first-order valence-corrected chi connectivity index (χ1v) is 14.9. The van der Waals surface area contributed by atoms with Crippen molar-refractivity contribution < 1.29 is 29.7 Å². The van der Waals surface area contributed by atoms with E-state index in [1.807, 2.05) is 30.3 Å². The SMILES string of the molecule is O=C(NCCC(=O)N1CCC(C(=O)O)(c2ccccc2)CC1)c1ccc(CNCC(O)c2ccc(O)c3[nH]c(=O)ccc23)cc1. The summed E-state index contributed by atoms with van der Waals surface area (Å²) < 4.78 is 0. The van der Waals surface area contributed by atoms with E-state index >= 15 is 0 Å². The molecule has 1 fully saturated rings. The van der Waals surface area contributed by atoms with E-state index in [1.165, 1.54) is 12.1 Å². The standard InChI is InChI=1S/C34H36N4O7/c39-27-12-10-25(26-11-13-29(41)37-31(26)27)28(40)21-35-20-22-6-8-23(9-7-22)32(43)36-17-14-30(42)38-18-15-34(16-19-38,33(44)45)24-4-2-1-3-5-24/h1-13,28,35,39-40H,14-21H2,(H,36,43)(H,37,41)(H,44,45). The number of aromatic hydroxyl groups is 1. The number of carboxylic acids is 1. The Balaban J connectivity index is 1.05. The number of carbonyl (C=O) groups excluding carboxylic acids is 2. The maximum atomic E-state index is 12.8. The number of aromatic nitrogens is 1. The molecule has 5 rings (SSSR count). The number of rotatable bonds is 11. The molecule has 234 valence electrons. The van der Waals surface area contributed by atoms with E-state index in [-0.39, 0.29) is 48.2 Å². The molecule has 1 atom stereocenters. The first kappa shape index (κ1) is 31.4. The van der Waals surface area contributed by atoms with Crippen molar-refractivity contribution in [2.24, 2.45) is 0 Å². The van der Waals surface area contributed by atoms with Crippen molar-refractivity contribution in [3.8, 4) is 5.75 Å². The highest BCUT2D eigenvalue weighted by molar-refractivity contribution is 5.94. The average Bonchev–Trinajstić information content (AvgIpc) is 3.05. The monoisotopic (exact) mass is 612 g/mol. The normalized spacial score (nSPS) is 15.0. The number of aliphatic hydroxyl groups is 1. The molecule has 0 spiro atoms. The lowest BCUT2D eigenvalue weighted by Crippen LogP contribution is -2.49. The molecule has 0 saturated carbocycles. The first-order chi connectivity index (χ1) is 21.7. The second-order valence-electron chi connectivity index (χ2n) is 11.3. The molecule has 0 radical (unpaired) electrons. The van der Waals surface area contributed by atoms with Crippen LogP contribution in [0.3, 0.4) is 0 Å². The van der Waals surface area contributed by atoms with Crippen molar-refractivity contribution in [3.05, 3.63) is 111 Å². The number of benzene rings is 3. The third-order valence-electron chi connectivity index (χ3n) is 8.48. The molecule has 45 heavy (non-hydrogen) atoms. The van der Waals surface area contributed by atoms with Gasteiger partial charge in [0.1, 0.15) is 5.75 Å². The van der Waals surface area contributed by atoms with E-state index < -0.39 is 17.5 Å². The van der Waals surface area contributed by atoms with Gasteiger partial charge in [0.2, 0.25) is 11.5 Å². The van der Waals surface area contributed by atoms with Gasteiger partial charge < -0.3 is 35.8 Å². The first-order valence-electron chi connectivity index (χ1n) is 14.9. The smallest absolute Gasteiger partial charge is 0.314 e. The van der Waals surface area contributed by atoms with Crippen LogP contribution in [0.1, 0.15) is 52.4 Å². The Labute approximate surface area is 259 Å². The zero-order chi connectivity index (χ0) is 32.0. The summed E-state index contributed by atoms with van der Waals surface area (Å²) >= 11 is 0. The van der Waals surface area contributed by atoms with Crippen LogP contribution in [0.15, 0.2) is 83.7 Å². The molecule has 1 aliphatic rings. The number of carboxylic acid groups (broad SMARTS) is 1. The Morgan fingerprint density at radius 1 is 0.933 bits per heavy atom. The van der Waals surface area contributed by atoms with Crippen LogP contribution >= 0.6 is 0 Å². The minimum Gasteiger partial charge on any atom is -0.506 e. The molecule has 1 aromatic heterocycles. The number of H-pyrrole nitrogens is 1. The van der Waals surface area contributed by atoms with E-state index in [0.29, 0.717) is 49.0 Å². The molecule has 11 heteroatoms. The maximum Gasteiger partial charge on any atom is 0.314 e. The van der Waals surface area contributed by atoms with Crippen molar-refractivity contribution in [2.75, 3.05) is 26.2 Å². The third kappa shape index (κ3) is 7.05. The van der Waals surface area contributed by atoms with E-state index in [2.05, 4.69) is 15.6 Å². The fourth-order valence-electron chi connectivity index (χ4n) is 5.85. The third-order valence-corrected chi connectivity index (χ3v) is 8.48. The molecular formula is C34H36N4O7. The second kappa shape index (κ2) is 13.7. The lowest BCUT2D eigenvalue weighted by Gasteiger charge is -2.39. The molecule has 2 amide bonds. The van der Waals surface area contributed by atoms with Gasteiger partial charge in [0.05, 0.1) is 17.0 Å². The second-order valence-corrected chi connectivity index (χ2v) is 11.3. The average molecular weight is 613 g/mol. The van der Waals surface area contributed by atoms with E-state index in [0.717, 1.165) is 11.1 Å². The highest BCUT2D eigenvalue weighted by Gasteiger charge is 2.43. The number of pyridine rings is 1. The van der Waals surface area contributed by atoms with Gasteiger partial charge in [0, 0.05) is 56.2 Å². The maximum absolute atomic E-state index is 12.8. The number of phenols is 1. The number of aliphatic carboxylic acids is 1. The summed E-state index contributed by atoms with van der Waals surface area (Å²) in [7, 11) is 0. The van der Waals surface area contributed by atoms with Gasteiger partial charge in [-0.15, -0.1) is 0 Å². The fraction of sp³-hybridized carbons (Fsp3) is 0.294. The van der Waals surface area contributed by atoms with Gasteiger partial charge in [0.15, 0.2) is 0 Å². The Kier molecular flexibility index (Phi) is 9.60. The van der Waals surface area contributed by atoms with Crippen LogP contribution in [0.5, 0.6) is 5.75 Å². The van der Waals surface area contributed by atoms with Gasteiger partial charge >= 0.3 is 5.97 Å². The number of likely N-dealkylation sites (tertiary alicyclic amines) is 1. The Morgan fingerprint density at radius 2 is 1.64 bits per heavy atom. The number of hydrogen-bond acceptors (Lipinski definition) is 7. The predicted octanol–water partition coefficient (Wildman–Crippen LogP) is 2.82. The van der Waals surface area contributed by atoms with Gasteiger partial charge in [-0.2, -0.15) is 0 Å². The van der Waals surface area contributed by atoms with Crippen LogP contribution in [0.4, 0.5) is 0 Å². The number of amides is 2.